The molecule has 0 saturated carbocycles. The highest BCUT2D eigenvalue weighted by Gasteiger charge is 2.22. The van der Waals surface area contributed by atoms with Crippen LogP contribution in [0.15, 0.2) is 59.7 Å². The summed E-state index contributed by atoms with van der Waals surface area (Å²) in [7, 11) is 1.83. The van der Waals surface area contributed by atoms with Gasteiger partial charge in [0.05, 0.1) is 0 Å². The molecule has 6 nitrogen and oxygen atoms in total. The number of allylic oxidation sites excluding steroid dienone is 1. The van der Waals surface area contributed by atoms with E-state index >= 15 is 0 Å². The summed E-state index contributed by atoms with van der Waals surface area (Å²) in [4.78, 5) is 22.2. The van der Waals surface area contributed by atoms with Gasteiger partial charge in [0, 0.05) is 55.8 Å². The molecule has 0 radical (unpaired) electrons. The van der Waals surface area contributed by atoms with Crippen molar-refractivity contribution in [1.82, 2.24) is 14.5 Å². The Labute approximate surface area is 225 Å². The van der Waals surface area contributed by atoms with Gasteiger partial charge < -0.3 is 14.2 Å². The number of hydrogen-bond acceptors (Lipinski definition) is 5. The average molecular weight is 511 g/mol. The molecule has 0 bridgehead atoms. The van der Waals surface area contributed by atoms with E-state index in [1.54, 1.807) is 4.57 Å². The van der Waals surface area contributed by atoms with E-state index in [4.69, 9.17) is 9.72 Å². The van der Waals surface area contributed by atoms with Gasteiger partial charge in [0.15, 0.2) is 0 Å². The number of anilines is 1. The van der Waals surface area contributed by atoms with E-state index in [9.17, 15) is 4.79 Å². The molecule has 198 valence electrons. The lowest BCUT2D eigenvalue weighted by Gasteiger charge is -2.33. The first kappa shape index (κ1) is 24.9. The maximum atomic E-state index is 12.4. The van der Waals surface area contributed by atoms with Crippen LogP contribution in [0, 0.1) is 0 Å². The molecule has 2 aliphatic heterocycles. The van der Waals surface area contributed by atoms with Gasteiger partial charge >= 0.3 is 0 Å². The van der Waals surface area contributed by atoms with E-state index in [1.807, 2.05) is 19.4 Å². The van der Waals surface area contributed by atoms with Crippen LogP contribution in [0.4, 0.5) is 5.82 Å². The van der Waals surface area contributed by atoms with E-state index in [0.717, 1.165) is 72.9 Å². The van der Waals surface area contributed by atoms with Gasteiger partial charge in [-0.15, -0.1) is 0 Å². The first-order valence-electron chi connectivity index (χ1n) is 14.2. The lowest BCUT2D eigenvalue weighted by Crippen LogP contribution is -2.33. The van der Waals surface area contributed by atoms with Gasteiger partial charge in [-0.05, 0) is 86.5 Å². The minimum absolute atomic E-state index is 0.0937. The fourth-order valence-electron chi connectivity index (χ4n) is 6.21. The minimum atomic E-state index is 0.0937. The zero-order chi connectivity index (χ0) is 25.9. The summed E-state index contributed by atoms with van der Waals surface area (Å²) in [5.41, 5.74) is 5.56. The van der Waals surface area contributed by atoms with Crippen LogP contribution in [-0.4, -0.2) is 53.8 Å². The van der Waals surface area contributed by atoms with Crippen LogP contribution in [0.2, 0.25) is 0 Å². The second kappa shape index (κ2) is 11.2. The molecule has 38 heavy (non-hydrogen) atoms. The Hall–Kier alpha value is -3.38. The zero-order valence-corrected chi connectivity index (χ0v) is 22.4. The molecule has 6 heteroatoms. The van der Waals surface area contributed by atoms with Crippen molar-refractivity contribution in [2.45, 2.75) is 44.4 Å². The third kappa shape index (κ3) is 5.28. The fourth-order valence-corrected chi connectivity index (χ4v) is 6.21. The summed E-state index contributed by atoms with van der Waals surface area (Å²) < 4.78 is 7.71. The number of ether oxygens (including phenoxy) is 1. The van der Waals surface area contributed by atoms with Gasteiger partial charge in [-0.3, -0.25) is 9.69 Å². The van der Waals surface area contributed by atoms with Gasteiger partial charge in [0.1, 0.15) is 18.2 Å². The molecule has 0 N–H and O–H groups in total. The van der Waals surface area contributed by atoms with Crippen molar-refractivity contribution in [2.24, 2.45) is 7.05 Å². The number of fused-ring (bicyclic) bond motifs is 1. The molecule has 1 aromatic carbocycles. The second-order valence-electron chi connectivity index (χ2n) is 10.9. The zero-order valence-electron chi connectivity index (χ0n) is 22.4. The summed E-state index contributed by atoms with van der Waals surface area (Å²) in [6.45, 7) is 6.24. The second-order valence-corrected chi connectivity index (χ2v) is 10.9. The van der Waals surface area contributed by atoms with Gasteiger partial charge in [0.25, 0.3) is 5.56 Å². The number of benzene rings is 1. The van der Waals surface area contributed by atoms with Crippen molar-refractivity contribution in [2.75, 3.05) is 44.2 Å². The third-order valence-corrected chi connectivity index (χ3v) is 8.48. The summed E-state index contributed by atoms with van der Waals surface area (Å²) in [5.74, 6) is 2.58. The summed E-state index contributed by atoms with van der Waals surface area (Å²) in [6.07, 6.45) is 15.0. The van der Waals surface area contributed by atoms with Crippen molar-refractivity contribution < 1.29 is 4.74 Å². The highest BCUT2D eigenvalue weighted by molar-refractivity contribution is 5.78. The number of nitrogens with zero attached hydrogens (tertiary/aromatic N) is 4. The molecule has 0 atom stereocenters. The monoisotopic (exact) mass is 510 g/mol. The molecule has 2 saturated heterocycles. The number of hydrogen-bond donors (Lipinski definition) is 0. The maximum absolute atomic E-state index is 12.4. The Bertz CT molecular complexity index is 1330. The molecule has 3 aromatic rings. The molecule has 0 unspecified atom stereocenters. The van der Waals surface area contributed by atoms with Gasteiger partial charge in [-0.2, -0.15) is 0 Å². The Balaban J connectivity index is 1.03. The summed E-state index contributed by atoms with van der Waals surface area (Å²) >= 11 is 0. The Kier molecular flexibility index (Phi) is 7.32. The molecule has 3 aliphatic rings. The van der Waals surface area contributed by atoms with Crippen LogP contribution >= 0.6 is 0 Å². The third-order valence-electron chi connectivity index (χ3n) is 8.48. The molecule has 4 heterocycles. The minimum Gasteiger partial charge on any atom is -0.492 e. The summed E-state index contributed by atoms with van der Waals surface area (Å²) in [5, 5.41) is 0. The van der Waals surface area contributed by atoms with Crippen LogP contribution in [-0.2, 0) is 13.5 Å². The predicted molar refractivity (Wildman–Crippen MR) is 154 cm³/mol. The highest BCUT2D eigenvalue weighted by Crippen LogP contribution is 2.33. The Morgan fingerprint density at radius 2 is 1.76 bits per heavy atom. The SMILES string of the molecule is Cn1cc(-c2ccc(N3CCC(c4ccc(OCCN5CCCCC5)cc4)CC3)nc2)c2c(c1=O)CC=C2. The maximum Gasteiger partial charge on any atom is 0.254 e. The van der Waals surface area contributed by atoms with Crippen LogP contribution in [0.25, 0.3) is 17.2 Å². The highest BCUT2D eigenvalue weighted by atomic mass is 16.5. The quantitative estimate of drug-likeness (QED) is 0.434. The number of aromatic nitrogens is 2. The average Bonchev–Trinajstić information content (AvgIpc) is 3.47. The smallest absolute Gasteiger partial charge is 0.254 e. The normalized spacial score (nSPS) is 18.1. The van der Waals surface area contributed by atoms with Crippen molar-refractivity contribution in [1.29, 1.82) is 0 Å². The molecule has 6 rings (SSSR count). The number of aryl methyl sites for hydroxylation is 1. The molecule has 2 fully saturated rings. The van der Waals surface area contributed by atoms with Crippen molar-refractivity contribution in [3.63, 3.8) is 0 Å². The van der Waals surface area contributed by atoms with Crippen LogP contribution in [0.5, 0.6) is 5.75 Å². The Morgan fingerprint density at radius 1 is 0.974 bits per heavy atom. The van der Waals surface area contributed by atoms with Gasteiger partial charge in [0.2, 0.25) is 0 Å². The molecule has 0 amide bonds. The lowest BCUT2D eigenvalue weighted by atomic mass is 9.89. The van der Waals surface area contributed by atoms with Gasteiger partial charge in [-0.1, -0.05) is 30.7 Å². The predicted octanol–water partition coefficient (Wildman–Crippen LogP) is 5.27. The molecule has 2 aromatic heterocycles. The van der Waals surface area contributed by atoms with E-state index in [1.165, 1.54) is 37.9 Å². The largest absolute Gasteiger partial charge is 0.492 e. The van der Waals surface area contributed by atoms with Crippen molar-refractivity contribution in [3.8, 4) is 16.9 Å². The van der Waals surface area contributed by atoms with Gasteiger partial charge in [-0.25, -0.2) is 4.98 Å². The van der Waals surface area contributed by atoms with Crippen molar-refractivity contribution in [3.05, 3.63) is 81.9 Å². The Morgan fingerprint density at radius 3 is 2.50 bits per heavy atom. The first-order chi connectivity index (χ1) is 18.7. The fraction of sp³-hybridized carbons (Fsp3) is 0.438. The number of pyridine rings is 2. The molecular weight excluding hydrogens is 472 g/mol. The standard InChI is InChI=1S/C32H38N4O2/c1-34-23-30(28-6-5-7-29(28)32(34)37)26-10-13-31(33-22-26)36-18-14-25(15-19-36)24-8-11-27(12-9-24)38-21-20-35-16-3-2-4-17-35/h5-6,8-13,22-23,25H,2-4,7,14-21H2,1H3. The lowest BCUT2D eigenvalue weighted by molar-refractivity contribution is 0.183. The van der Waals surface area contributed by atoms with Crippen LogP contribution in [0.3, 0.4) is 0 Å². The van der Waals surface area contributed by atoms with E-state index in [2.05, 4.69) is 58.4 Å². The van der Waals surface area contributed by atoms with Crippen LogP contribution in [0.1, 0.15) is 54.7 Å². The molecule has 1 aliphatic carbocycles. The summed E-state index contributed by atoms with van der Waals surface area (Å²) in [6, 6.07) is 13.1. The topological polar surface area (TPSA) is 50.6 Å². The van der Waals surface area contributed by atoms with Crippen molar-refractivity contribution >= 4 is 11.9 Å². The molecular formula is C32H38N4O2. The molecule has 0 spiro atoms. The van der Waals surface area contributed by atoms with E-state index < -0.39 is 0 Å². The number of rotatable bonds is 7. The van der Waals surface area contributed by atoms with E-state index in [-0.39, 0.29) is 5.56 Å². The number of likely N-dealkylation sites (tertiary alicyclic amines) is 1. The number of piperidine rings is 2. The van der Waals surface area contributed by atoms with Crippen LogP contribution < -0.4 is 15.2 Å². The first-order valence-corrected chi connectivity index (χ1v) is 14.2. The van der Waals surface area contributed by atoms with E-state index in [0.29, 0.717) is 12.3 Å².